The number of hydrogen-bond acceptors (Lipinski definition) is 5. The first kappa shape index (κ1) is 22.2. The van der Waals surface area contributed by atoms with Gasteiger partial charge in [0.1, 0.15) is 6.61 Å². The molecule has 6 heteroatoms. The standard InChI is InChI=1S/C24H29ClN2O3/c1-4-26(5-2)14-15-30-24-17-21-18(16-23(24)29-3)10-12-27(21)13-11-22(28)19-8-6-7-9-20(19)25/h6-9,11,13,16-17H,4-5,10,12,14-15H2,1-3H3/b13-11+. The third kappa shape index (κ3) is 5.15. The molecule has 0 saturated carbocycles. The molecule has 0 fully saturated rings. The number of nitrogens with zero attached hydrogens (tertiary/aromatic N) is 2. The Labute approximate surface area is 183 Å². The Hall–Kier alpha value is -2.50. The summed E-state index contributed by atoms with van der Waals surface area (Å²) in [5, 5.41) is 0.461. The van der Waals surface area contributed by atoms with Gasteiger partial charge in [-0.1, -0.05) is 37.6 Å². The number of anilines is 1. The highest BCUT2D eigenvalue weighted by Crippen LogP contribution is 2.39. The van der Waals surface area contributed by atoms with Crippen LogP contribution in [0, 0.1) is 0 Å². The quantitative estimate of drug-likeness (QED) is 0.400. The highest BCUT2D eigenvalue weighted by Gasteiger charge is 2.21. The molecule has 0 amide bonds. The van der Waals surface area contributed by atoms with Crippen molar-refractivity contribution in [1.82, 2.24) is 4.90 Å². The fourth-order valence-corrected chi connectivity index (χ4v) is 3.81. The third-order valence-corrected chi connectivity index (χ3v) is 5.73. The maximum atomic E-state index is 12.5. The molecule has 30 heavy (non-hydrogen) atoms. The van der Waals surface area contributed by atoms with Gasteiger partial charge in [-0.05, 0) is 43.3 Å². The zero-order valence-corrected chi connectivity index (χ0v) is 18.6. The average molecular weight is 429 g/mol. The van der Waals surface area contributed by atoms with Crippen LogP contribution in [-0.4, -0.2) is 50.6 Å². The summed E-state index contributed by atoms with van der Waals surface area (Å²) in [6.45, 7) is 8.55. The smallest absolute Gasteiger partial charge is 0.188 e. The summed E-state index contributed by atoms with van der Waals surface area (Å²) in [7, 11) is 1.66. The second-order valence-corrected chi connectivity index (χ2v) is 7.52. The summed E-state index contributed by atoms with van der Waals surface area (Å²) in [6.07, 6.45) is 4.28. The molecule has 0 N–H and O–H groups in total. The van der Waals surface area contributed by atoms with Crippen molar-refractivity contribution in [3.63, 3.8) is 0 Å². The number of carbonyl (C=O) groups is 1. The Balaban J connectivity index is 1.74. The summed E-state index contributed by atoms with van der Waals surface area (Å²) in [6, 6.07) is 11.1. The van der Waals surface area contributed by atoms with Crippen LogP contribution < -0.4 is 14.4 Å². The van der Waals surface area contributed by atoms with Crippen LogP contribution in [0.2, 0.25) is 5.02 Å². The number of ether oxygens (including phenoxy) is 2. The molecule has 3 rings (SSSR count). The van der Waals surface area contributed by atoms with Gasteiger partial charge in [0.05, 0.1) is 12.1 Å². The van der Waals surface area contributed by atoms with E-state index in [0.29, 0.717) is 17.2 Å². The Kier molecular flexibility index (Phi) is 7.77. The molecule has 2 aromatic rings. The molecule has 160 valence electrons. The van der Waals surface area contributed by atoms with Crippen molar-refractivity contribution in [2.45, 2.75) is 20.3 Å². The summed E-state index contributed by atoms with van der Waals surface area (Å²) >= 11 is 6.14. The second-order valence-electron chi connectivity index (χ2n) is 7.11. The Morgan fingerprint density at radius 1 is 1.20 bits per heavy atom. The maximum absolute atomic E-state index is 12.5. The maximum Gasteiger partial charge on any atom is 0.188 e. The average Bonchev–Trinajstić information content (AvgIpc) is 3.16. The zero-order valence-electron chi connectivity index (χ0n) is 17.9. The number of halogens is 1. The lowest BCUT2D eigenvalue weighted by molar-refractivity contribution is 0.104. The molecule has 5 nitrogen and oxygen atoms in total. The highest BCUT2D eigenvalue weighted by atomic mass is 35.5. The predicted octanol–water partition coefficient (Wildman–Crippen LogP) is 4.83. The lowest BCUT2D eigenvalue weighted by Crippen LogP contribution is -2.28. The van der Waals surface area contributed by atoms with Gasteiger partial charge in [0.25, 0.3) is 0 Å². The van der Waals surface area contributed by atoms with Crippen LogP contribution in [0.4, 0.5) is 5.69 Å². The number of hydrogen-bond donors (Lipinski definition) is 0. The van der Waals surface area contributed by atoms with E-state index in [-0.39, 0.29) is 5.78 Å². The molecule has 0 radical (unpaired) electrons. The van der Waals surface area contributed by atoms with Crippen LogP contribution in [0.3, 0.4) is 0 Å². The Bertz CT molecular complexity index is 909. The van der Waals surface area contributed by atoms with Gasteiger partial charge in [0.15, 0.2) is 17.3 Å². The number of ketones is 1. The summed E-state index contributed by atoms with van der Waals surface area (Å²) in [5.74, 6) is 1.35. The van der Waals surface area contributed by atoms with Crippen LogP contribution in [0.5, 0.6) is 11.5 Å². The molecular formula is C24H29ClN2O3. The van der Waals surface area contributed by atoms with E-state index >= 15 is 0 Å². The molecule has 0 saturated heterocycles. The van der Waals surface area contributed by atoms with Crippen molar-refractivity contribution >= 4 is 23.1 Å². The first-order chi connectivity index (χ1) is 14.6. The second kappa shape index (κ2) is 10.5. The van der Waals surface area contributed by atoms with Crippen molar-refractivity contribution in [3.8, 4) is 11.5 Å². The third-order valence-electron chi connectivity index (χ3n) is 5.40. The SMILES string of the molecule is CCN(CC)CCOc1cc2c(cc1OC)CCN2/C=C/C(=O)c1ccccc1Cl. The zero-order chi connectivity index (χ0) is 21.5. The monoisotopic (exact) mass is 428 g/mol. The van der Waals surface area contributed by atoms with Gasteiger partial charge in [-0.3, -0.25) is 4.79 Å². The van der Waals surface area contributed by atoms with Gasteiger partial charge in [0, 0.05) is 42.7 Å². The van der Waals surface area contributed by atoms with Crippen LogP contribution >= 0.6 is 11.6 Å². The van der Waals surface area contributed by atoms with E-state index in [2.05, 4.69) is 23.6 Å². The summed E-state index contributed by atoms with van der Waals surface area (Å²) in [5.41, 5.74) is 2.72. The van der Waals surface area contributed by atoms with E-state index in [9.17, 15) is 4.79 Å². The fraction of sp³-hybridized carbons (Fsp3) is 0.375. The normalized spacial score (nSPS) is 13.2. The van der Waals surface area contributed by atoms with Gasteiger partial charge in [-0.15, -0.1) is 0 Å². The van der Waals surface area contributed by atoms with Crippen LogP contribution in [0.25, 0.3) is 0 Å². The van der Waals surface area contributed by atoms with Crippen LogP contribution in [0.1, 0.15) is 29.8 Å². The van der Waals surface area contributed by atoms with E-state index in [1.807, 2.05) is 30.5 Å². The Morgan fingerprint density at radius 3 is 2.67 bits per heavy atom. The number of methoxy groups -OCH3 is 1. The molecule has 1 heterocycles. The molecule has 1 aliphatic rings. The highest BCUT2D eigenvalue weighted by molar-refractivity contribution is 6.34. The fourth-order valence-electron chi connectivity index (χ4n) is 3.58. The first-order valence-electron chi connectivity index (χ1n) is 10.4. The number of benzene rings is 2. The summed E-state index contributed by atoms with van der Waals surface area (Å²) < 4.78 is 11.6. The molecule has 0 spiro atoms. The number of rotatable bonds is 10. The molecule has 0 atom stereocenters. The van der Waals surface area contributed by atoms with Gasteiger partial charge in [-0.25, -0.2) is 0 Å². The molecule has 0 aromatic heterocycles. The lowest BCUT2D eigenvalue weighted by atomic mass is 10.1. The number of carbonyl (C=O) groups excluding carboxylic acids is 1. The number of allylic oxidation sites excluding steroid dienone is 1. The van der Waals surface area contributed by atoms with Gasteiger partial charge >= 0.3 is 0 Å². The van der Waals surface area contributed by atoms with Crippen molar-refractivity contribution < 1.29 is 14.3 Å². The molecule has 0 aliphatic carbocycles. The lowest BCUT2D eigenvalue weighted by Gasteiger charge is -2.20. The number of likely N-dealkylation sites (N-methyl/N-ethyl adjacent to an activating group) is 1. The molecule has 0 unspecified atom stereocenters. The summed E-state index contributed by atoms with van der Waals surface area (Å²) in [4.78, 5) is 16.9. The van der Waals surface area contributed by atoms with E-state index < -0.39 is 0 Å². The van der Waals surface area contributed by atoms with Gasteiger partial charge < -0.3 is 19.3 Å². The van der Waals surface area contributed by atoms with Gasteiger partial charge in [0.2, 0.25) is 0 Å². The van der Waals surface area contributed by atoms with Crippen LogP contribution in [-0.2, 0) is 6.42 Å². The van der Waals surface area contributed by atoms with Crippen molar-refractivity contribution in [2.75, 3.05) is 44.8 Å². The first-order valence-corrected chi connectivity index (χ1v) is 10.7. The minimum absolute atomic E-state index is 0.113. The van der Waals surface area contributed by atoms with E-state index in [1.165, 1.54) is 5.56 Å². The van der Waals surface area contributed by atoms with Crippen molar-refractivity contribution in [1.29, 1.82) is 0 Å². The molecular weight excluding hydrogens is 400 g/mol. The number of fused-ring (bicyclic) bond motifs is 1. The van der Waals surface area contributed by atoms with E-state index in [1.54, 1.807) is 25.3 Å². The molecule has 0 bridgehead atoms. The molecule has 2 aromatic carbocycles. The minimum atomic E-state index is -0.113. The van der Waals surface area contributed by atoms with E-state index in [0.717, 1.165) is 49.8 Å². The van der Waals surface area contributed by atoms with Crippen LogP contribution in [0.15, 0.2) is 48.7 Å². The molecule has 1 aliphatic heterocycles. The van der Waals surface area contributed by atoms with Gasteiger partial charge in [-0.2, -0.15) is 0 Å². The minimum Gasteiger partial charge on any atom is -0.493 e. The Morgan fingerprint density at radius 2 is 1.97 bits per heavy atom. The topological polar surface area (TPSA) is 42.0 Å². The predicted molar refractivity (Wildman–Crippen MR) is 122 cm³/mol. The largest absolute Gasteiger partial charge is 0.493 e. The van der Waals surface area contributed by atoms with Crippen molar-refractivity contribution in [3.05, 3.63) is 64.8 Å². The van der Waals surface area contributed by atoms with E-state index in [4.69, 9.17) is 21.1 Å². The van der Waals surface area contributed by atoms with Crippen molar-refractivity contribution in [2.24, 2.45) is 0 Å².